The lowest BCUT2D eigenvalue weighted by Gasteiger charge is -2.25. The van der Waals surface area contributed by atoms with Crippen LogP contribution < -0.4 is 11.1 Å². The highest BCUT2D eigenvalue weighted by molar-refractivity contribution is 5.78. The van der Waals surface area contributed by atoms with E-state index in [0.29, 0.717) is 6.42 Å². The molecule has 0 saturated heterocycles. The fourth-order valence-electron chi connectivity index (χ4n) is 1.15. The molecule has 0 aliphatic heterocycles. The van der Waals surface area contributed by atoms with Crippen molar-refractivity contribution >= 4 is 11.9 Å². The van der Waals surface area contributed by atoms with Crippen molar-refractivity contribution in [1.29, 1.82) is 5.41 Å². The molecular formula is C11H23N3O2. The highest BCUT2D eigenvalue weighted by Gasteiger charge is 2.21. The van der Waals surface area contributed by atoms with Gasteiger partial charge in [-0.1, -0.05) is 13.8 Å². The van der Waals surface area contributed by atoms with Crippen LogP contribution in [0, 0.1) is 11.3 Å². The quantitative estimate of drug-likeness (QED) is 0.508. The number of alkyl carbamates (subject to hydrolysis) is 1. The topological polar surface area (TPSA) is 88.2 Å². The first-order chi connectivity index (χ1) is 7.11. The average Bonchev–Trinajstić information content (AvgIpc) is 1.97. The Morgan fingerprint density at radius 2 is 1.94 bits per heavy atom. The Morgan fingerprint density at radius 1 is 1.44 bits per heavy atom. The van der Waals surface area contributed by atoms with Gasteiger partial charge in [0.15, 0.2) is 0 Å². The van der Waals surface area contributed by atoms with E-state index in [9.17, 15) is 4.79 Å². The van der Waals surface area contributed by atoms with E-state index in [-0.39, 0.29) is 17.8 Å². The van der Waals surface area contributed by atoms with Crippen LogP contribution in [0.4, 0.5) is 4.79 Å². The number of rotatable bonds is 4. The molecule has 0 radical (unpaired) electrons. The number of carbonyl (C=O) groups is 1. The van der Waals surface area contributed by atoms with Gasteiger partial charge in [0, 0.05) is 12.5 Å². The number of nitrogens with two attached hydrogens (primary N) is 1. The minimum atomic E-state index is -0.512. The molecule has 0 saturated carbocycles. The van der Waals surface area contributed by atoms with Gasteiger partial charge < -0.3 is 15.8 Å². The molecule has 1 atom stereocenters. The summed E-state index contributed by atoms with van der Waals surface area (Å²) in [6.07, 6.45) is -0.121. The monoisotopic (exact) mass is 229 g/mol. The zero-order chi connectivity index (χ0) is 12.9. The van der Waals surface area contributed by atoms with E-state index in [2.05, 4.69) is 5.32 Å². The average molecular weight is 229 g/mol. The van der Waals surface area contributed by atoms with Crippen LogP contribution in [0.3, 0.4) is 0 Å². The maximum atomic E-state index is 11.5. The molecule has 0 aromatic rings. The molecule has 5 nitrogen and oxygen atoms in total. The standard InChI is InChI=1S/C11H23N3O2/c1-7(2)8(6-9(12)13)14-10(15)16-11(3,4)5/h7-8H,6H2,1-5H3,(H3,12,13)(H,14,15). The smallest absolute Gasteiger partial charge is 0.407 e. The summed E-state index contributed by atoms with van der Waals surface area (Å²) < 4.78 is 5.14. The van der Waals surface area contributed by atoms with E-state index >= 15 is 0 Å². The van der Waals surface area contributed by atoms with Crippen molar-refractivity contribution in [2.24, 2.45) is 11.7 Å². The van der Waals surface area contributed by atoms with E-state index in [1.807, 2.05) is 34.6 Å². The zero-order valence-electron chi connectivity index (χ0n) is 10.8. The minimum absolute atomic E-state index is 0.0646. The molecule has 0 rings (SSSR count). The van der Waals surface area contributed by atoms with Crippen molar-refractivity contribution in [2.45, 2.75) is 52.7 Å². The summed E-state index contributed by atoms with van der Waals surface area (Å²) in [5.41, 5.74) is 4.81. The van der Waals surface area contributed by atoms with E-state index in [4.69, 9.17) is 15.9 Å². The van der Waals surface area contributed by atoms with E-state index in [1.165, 1.54) is 0 Å². The van der Waals surface area contributed by atoms with Gasteiger partial charge in [0.25, 0.3) is 0 Å². The van der Waals surface area contributed by atoms with Crippen LogP contribution in [0.15, 0.2) is 0 Å². The molecule has 0 aliphatic rings. The summed E-state index contributed by atoms with van der Waals surface area (Å²) in [6, 6.07) is -0.160. The minimum Gasteiger partial charge on any atom is -0.444 e. The first kappa shape index (κ1) is 14.7. The van der Waals surface area contributed by atoms with Crippen molar-refractivity contribution in [3.8, 4) is 0 Å². The third-order valence-electron chi connectivity index (χ3n) is 1.95. The Labute approximate surface area is 97.2 Å². The predicted octanol–water partition coefficient (Wildman–Crippen LogP) is 1.86. The second kappa shape index (κ2) is 5.72. The Bertz CT molecular complexity index is 256. The molecule has 0 aromatic carbocycles. The fraction of sp³-hybridized carbons (Fsp3) is 0.818. The highest BCUT2D eigenvalue weighted by atomic mass is 16.6. The van der Waals surface area contributed by atoms with Gasteiger partial charge >= 0.3 is 6.09 Å². The molecule has 1 unspecified atom stereocenters. The molecule has 16 heavy (non-hydrogen) atoms. The summed E-state index contributed by atoms with van der Waals surface area (Å²) in [5, 5.41) is 9.95. The molecule has 5 heteroatoms. The SMILES string of the molecule is CC(C)C(CC(=N)N)NC(=O)OC(C)(C)C. The summed E-state index contributed by atoms with van der Waals surface area (Å²) in [7, 11) is 0. The normalized spacial score (nSPS) is 13.4. The van der Waals surface area contributed by atoms with Crippen LogP contribution >= 0.6 is 0 Å². The molecule has 1 amide bonds. The van der Waals surface area contributed by atoms with Gasteiger partial charge in [0.2, 0.25) is 0 Å². The fourth-order valence-corrected chi connectivity index (χ4v) is 1.15. The molecule has 0 aromatic heterocycles. The van der Waals surface area contributed by atoms with Crippen molar-refractivity contribution in [2.75, 3.05) is 0 Å². The summed E-state index contributed by atoms with van der Waals surface area (Å²) in [5.74, 6) is 0.270. The lowest BCUT2D eigenvalue weighted by molar-refractivity contribution is 0.0492. The second-order valence-corrected chi connectivity index (χ2v) is 5.23. The molecule has 4 N–H and O–H groups in total. The summed E-state index contributed by atoms with van der Waals surface area (Å²) >= 11 is 0. The number of hydrogen-bond donors (Lipinski definition) is 3. The van der Waals surface area contributed by atoms with Crippen LogP contribution in [0.25, 0.3) is 0 Å². The molecular weight excluding hydrogens is 206 g/mol. The highest BCUT2D eigenvalue weighted by Crippen LogP contribution is 2.10. The Hall–Kier alpha value is -1.26. The molecule has 94 valence electrons. The third-order valence-corrected chi connectivity index (χ3v) is 1.95. The number of hydrogen-bond acceptors (Lipinski definition) is 3. The van der Waals surface area contributed by atoms with Crippen LogP contribution in [0.2, 0.25) is 0 Å². The predicted molar refractivity (Wildman–Crippen MR) is 64.5 cm³/mol. The van der Waals surface area contributed by atoms with Gasteiger partial charge in [-0.15, -0.1) is 0 Å². The molecule has 0 spiro atoms. The Balaban J connectivity index is 4.30. The van der Waals surface area contributed by atoms with E-state index in [1.54, 1.807) is 0 Å². The van der Waals surface area contributed by atoms with Crippen molar-refractivity contribution < 1.29 is 9.53 Å². The van der Waals surface area contributed by atoms with Gasteiger partial charge in [-0.3, -0.25) is 5.41 Å². The van der Waals surface area contributed by atoms with Gasteiger partial charge in [0.05, 0.1) is 5.84 Å². The summed E-state index contributed by atoms with van der Waals surface area (Å²) in [4.78, 5) is 11.5. The molecule has 0 fully saturated rings. The first-order valence-corrected chi connectivity index (χ1v) is 5.44. The molecule has 0 aliphatic carbocycles. The van der Waals surface area contributed by atoms with Crippen LogP contribution in [-0.4, -0.2) is 23.6 Å². The van der Waals surface area contributed by atoms with Crippen LogP contribution in [0.5, 0.6) is 0 Å². The number of nitrogens with one attached hydrogen (secondary N) is 2. The largest absolute Gasteiger partial charge is 0.444 e. The van der Waals surface area contributed by atoms with Gasteiger partial charge in [-0.05, 0) is 26.7 Å². The maximum Gasteiger partial charge on any atom is 0.407 e. The lowest BCUT2D eigenvalue weighted by atomic mass is 10.0. The van der Waals surface area contributed by atoms with Crippen LogP contribution in [-0.2, 0) is 4.74 Å². The molecule has 0 bridgehead atoms. The van der Waals surface area contributed by atoms with Crippen molar-refractivity contribution in [3.05, 3.63) is 0 Å². The Kier molecular flexibility index (Phi) is 5.27. The number of amidine groups is 1. The lowest BCUT2D eigenvalue weighted by Crippen LogP contribution is -2.43. The van der Waals surface area contributed by atoms with Gasteiger partial charge in [0.1, 0.15) is 5.60 Å². The zero-order valence-corrected chi connectivity index (χ0v) is 10.8. The maximum absolute atomic E-state index is 11.5. The number of ether oxygens (including phenoxy) is 1. The van der Waals surface area contributed by atoms with Gasteiger partial charge in [-0.25, -0.2) is 4.79 Å². The number of amides is 1. The van der Waals surface area contributed by atoms with Crippen molar-refractivity contribution in [1.82, 2.24) is 5.32 Å². The second-order valence-electron chi connectivity index (χ2n) is 5.23. The van der Waals surface area contributed by atoms with Crippen molar-refractivity contribution in [3.63, 3.8) is 0 Å². The van der Waals surface area contributed by atoms with E-state index < -0.39 is 11.7 Å². The van der Waals surface area contributed by atoms with Crippen LogP contribution in [0.1, 0.15) is 41.0 Å². The third kappa shape index (κ3) is 7.09. The Morgan fingerprint density at radius 3 is 2.25 bits per heavy atom. The van der Waals surface area contributed by atoms with Gasteiger partial charge in [-0.2, -0.15) is 0 Å². The van der Waals surface area contributed by atoms with E-state index in [0.717, 1.165) is 0 Å². The number of carbonyl (C=O) groups excluding carboxylic acids is 1. The summed E-state index contributed by atoms with van der Waals surface area (Å²) in [6.45, 7) is 9.35. The first-order valence-electron chi connectivity index (χ1n) is 5.44. The molecule has 0 heterocycles.